The minimum atomic E-state index is 0.461. The van der Waals surface area contributed by atoms with Crippen molar-refractivity contribution >= 4 is 23.1 Å². The maximum atomic E-state index is 4.82. The largest absolute Gasteiger partial charge is 0.311 e. The summed E-state index contributed by atoms with van der Waals surface area (Å²) in [5.74, 6) is 1.20. The van der Waals surface area contributed by atoms with Crippen molar-refractivity contribution in [2.75, 3.05) is 19.1 Å². The fourth-order valence-electron chi connectivity index (χ4n) is 2.15. The Hall–Kier alpha value is -0.0600. The van der Waals surface area contributed by atoms with E-state index in [-0.39, 0.29) is 0 Å². The predicted molar refractivity (Wildman–Crippen MR) is 73.6 cm³/mol. The molecule has 1 aromatic rings. The molecule has 1 heterocycles. The van der Waals surface area contributed by atoms with Crippen LogP contribution in [0.15, 0.2) is 0 Å². The van der Waals surface area contributed by atoms with Crippen LogP contribution in [0, 0.1) is 0 Å². The lowest BCUT2D eigenvalue weighted by Crippen LogP contribution is -2.16. The van der Waals surface area contributed by atoms with Crippen LogP contribution < -0.4 is 5.32 Å². The van der Waals surface area contributed by atoms with Gasteiger partial charge in [0.2, 0.25) is 0 Å². The topological polar surface area (TPSA) is 24.9 Å². The Morgan fingerprint density at radius 2 is 2.25 bits per heavy atom. The van der Waals surface area contributed by atoms with Gasteiger partial charge in [-0.3, -0.25) is 0 Å². The molecule has 1 aromatic heterocycles. The SMILES string of the molecule is CNC(CCSC)c1nc2c(s1)CCCC2. The average Bonchev–Trinajstić information content (AvgIpc) is 2.73. The highest BCUT2D eigenvalue weighted by Gasteiger charge is 2.19. The summed E-state index contributed by atoms with van der Waals surface area (Å²) in [6, 6.07) is 0.461. The number of nitrogens with zero attached hydrogens (tertiary/aromatic N) is 1. The second-order valence-electron chi connectivity index (χ2n) is 4.25. The van der Waals surface area contributed by atoms with Crippen LogP contribution in [0.1, 0.15) is 40.9 Å². The smallest absolute Gasteiger partial charge is 0.110 e. The molecule has 1 unspecified atom stereocenters. The van der Waals surface area contributed by atoms with E-state index >= 15 is 0 Å². The van der Waals surface area contributed by atoms with Crippen molar-refractivity contribution < 1.29 is 0 Å². The number of nitrogens with one attached hydrogen (secondary N) is 1. The lowest BCUT2D eigenvalue weighted by atomic mass is 10.0. The van der Waals surface area contributed by atoms with E-state index in [1.165, 1.54) is 48.6 Å². The number of thioether (sulfide) groups is 1. The van der Waals surface area contributed by atoms with Gasteiger partial charge in [0.05, 0.1) is 11.7 Å². The molecule has 2 nitrogen and oxygen atoms in total. The first-order chi connectivity index (χ1) is 7.85. The summed E-state index contributed by atoms with van der Waals surface area (Å²) in [6.45, 7) is 0. The molecule has 0 spiro atoms. The van der Waals surface area contributed by atoms with Crippen molar-refractivity contribution in [3.8, 4) is 0 Å². The van der Waals surface area contributed by atoms with Crippen molar-refractivity contribution in [1.82, 2.24) is 10.3 Å². The quantitative estimate of drug-likeness (QED) is 0.876. The van der Waals surface area contributed by atoms with E-state index in [0.29, 0.717) is 6.04 Å². The molecule has 1 N–H and O–H groups in total. The number of hydrogen-bond acceptors (Lipinski definition) is 4. The highest BCUT2D eigenvalue weighted by Crippen LogP contribution is 2.31. The van der Waals surface area contributed by atoms with Crippen molar-refractivity contribution in [2.24, 2.45) is 0 Å². The zero-order valence-corrected chi connectivity index (χ0v) is 11.7. The van der Waals surface area contributed by atoms with Crippen LogP contribution in [0.25, 0.3) is 0 Å². The molecule has 0 fully saturated rings. The van der Waals surface area contributed by atoms with Gasteiger partial charge >= 0.3 is 0 Å². The van der Waals surface area contributed by atoms with Gasteiger partial charge in [0.15, 0.2) is 0 Å². The Morgan fingerprint density at radius 3 is 2.94 bits per heavy atom. The summed E-state index contributed by atoms with van der Waals surface area (Å²) >= 11 is 3.85. The standard InChI is InChI=1S/C12H20N2S2/c1-13-10(7-8-15-2)12-14-9-5-3-4-6-11(9)16-12/h10,13H,3-8H2,1-2H3. The zero-order chi connectivity index (χ0) is 11.4. The van der Waals surface area contributed by atoms with Crippen LogP contribution >= 0.6 is 23.1 Å². The first-order valence-electron chi connectivity index (χ1n) is 6.00. The van der Waals surface area contributed by atoms with Gasteiger partial charge in [0, 0.05) is 4.88 Å². The molecule has 2 rings (SSSR count). The molecule has 4 heteroatoms. The second kappa shape index (κ2) is 6.03. The Bertz CT molecular complexity index is 312. The van der Waals surface area contributed by atoms with E-state index in [4.69, 9.17) is 4.98 Å². The van der Waals surface area contributed by atoms with Crippen LogP contribution in [0.3, 0.4) is 0 Å². The summed E-state index contributed by atoms with van der Waals surface area (Å²) in [7, 11) is 2.05. The summed E-state index contributed by atoms with van der Waals surface area (Å²) in [5, 5.41) is 4.71. The highest BCUT2D eigenvalue weighted by atomic mass is 32.2. The first kappa shape index (κ1) is 12.4. The lowest BCUT2D eigenvalue weighted by molar-refractivity contribution is 0.574. The van der Waals surface area contributed by atoms with Crippen molar-refractivity contribution in [3.63, 3.8) is 0 Å². The Kier molecular flexibility index (Phi) is 4.67. The van der Waals surface area contributed by atoms with Gasteiger partial charge in [-0.15, -0.1) is 11.3 Å². The summed E-state index contributed by atoms with van der Waals surface area (Å²) < 4.78 is 0. The third kappa shape index (κ3) is 2.79. The number of rotatable bonds is 5. The number of aryl methyl sites for hydroxylation is 2. The molecular weight excluding hydrogens is 236 g/mol. The molecule has 1 atom stereocenters. The molecule has 90 valence electrons. The second-order valence-corrected chi connectivity index (χ2v) is 6.35. The van der Waals surface area contributed by atoms with Gasteiger partial charge in [-0.2, -0.15) is 11.8 Å². The molecule has 1 aliphatic carbocycles. The minimum absolute atomic E-state index is 0.461. The first-order valence-corrected chi connectivity index (χ1v) is 8.21. The molecule has 0 bridgehead atoms. The van der Waals surface area contributed by atoms with Gasteiger partial charge < -0.3 is 5.32 Å². The van der Waals surface area contributed by atoms with Crippen LogP contribution in [-0.4, -0.2) is 24.0 Å². The van der Waals surface area contributed by atoms with E-state index in [1.54, 1.807) is 4.88 Å². The number of fused-ring (bicyclic) bond motifs is 1. The monoisotopic (exact) mass is 256 g/mol. The molecular formula is C12H20N2S2. The number of hydrogen-bond donors (Lipinski definition) is 1. The Morgan fingerprint density at radius 1 is 1.44 bits per heavy atom. The van der Waals surface area contributed by atoms with Crippen molar-refractivity contribution in [1.29, 1.82) is 0 Å². The fraction of sp³-hybridized carbons (Fsp3) is 0.750. The fourth-order valence-corrected chi connectivity index (χ4v) is 3.92. The van der Waals surface area contributed by atoms with Crippen LogP contribution in [0.2, 0.25) is 0 Å². The van der Waals surface area contributed by atoms with Crippen molar-refractivity contribution in [3.05, 3.63) is 15.6 Å². The number of thiazole rings is 1. The molecule has 0 aliphatic heterocycles. The third-order valence-electron chi connectivity index (χ3n) is 3.12. The molecule has 0 saturated heterocycles. The summed E-state index contributed by atoms with van der Waals surface area (Å²) in [4.78, 5) is 6.37. The van der Waals surface area contributed by atoms with E-state index in [1.807, 2.05) is 30.1 Å². The Balaban J connectivity index is 2.09. The molecule has 0 aromatic carbocycles. The molecule has 0 amide bonds. The van der Waals surface area contributed by atoms with E-state index in [2.05, 4.69) is 11.6 Å². The third-order valence-corrected chi connectivity index (χ3v) is 5.03. The molecule has 16 heavy (non-hydrogen) atoms. The van der Waals surface area contributed by atoms with Gasteiger partial charge in [-0.05, 0) is 51.2 Å². The van der Waals surface area contributed by atoms with E-state index in [9.17, 15) is 0 Å². The lowest BCUT2D eigenvalue weighted by Gasteiger charge is -2.11. The summed E-state index contributed by atoms with van der Waals surface area (Å²) in [5.41, 5.74) is 1.38. The van der Waals surface area contributed by atoms with E-state index in [0.717, 1.165) is 0 Å². The van der Waals surface area contributed by atoms with Crippen LogP contribution in [0.5, 0.6) is 0 Å². The normalized spacial score (nSPS) is 17.1. The predicted octanol–water partition coefficient (Wildman–Crippen LogP) is 3.04. The van der Waals surface area contributed by atoms with Gasteiger partial charge in [-0.1, -0.05) is 0 Å². The van der Waals surface area contributed by atoms with E-state index < -0.39 is 0 Å². The average molecular weight is 256 g/mol. The maximum absolute atomic E-state index is 4.82. The molecule has 1 aliphatic rings. The zero-order valence-electron chi connectivity index (χ0n) is 10.1. The minimum Gasteiger partial charge on any atom is -0.311 e. The molecule has 0 saturated carbocycles. The summed E-state index contributed by atoms with van der Waals surface area (Å²) in [6.07, 6.45) is 8.48. The van der Waals surface area contributed by atoms with Gasteiger partial charge in [0.1, 0.15) is 5.01 Å². The highest BCUT2D eigenvalue weighted by molar-refractivity contribution is 7.98. The van der Waals surface area contributed by atoms with Crippen molar-refractivity contribution in [2.45, 2.75) is 38.1 Å². The maximum Gasteiger partial charge on any atom is 0.110 e. The van der Waals surface area contributed by atoms with Gasteiger partial charge in [-0.25, -0.2) is 4.98 Å². The number of aromatic nitrogens is 1. The Labute approximate surface area is 106 Å². The van der Waals surface area contributed by atoms with Crippen LogP contribution in [-0.2, 0) is 12.8 Å². The van der Waals surface area contributed by atoms with Crippen LogP contribution in [0.4, 0.5) is 0 Å². The molecule has 0 radical (unpaired) electrons. The van der Waals surface area contributed by atoms with Gasteiger partial charge in [0.25, 0.3) is 0 Å².